The van der Waals surface area contributed by atoms with Gasteiger partial charge in [-0.3, -0.25) is 0 Å². The molecule has 0 heterocycles. The topological polar surface area (TPSA) is 40.6 Å². The molecule has 0 N–H and O–H groups in total. The molecule has 0 aromatic rings. The summed E-state index contributed by atoms with van der Waals surface area (Å²) in [5.74, 6) is 1.02. The zero-order valence-corrected chi connectivity index (χ0v) is 16.3. The van der Waals surface area contributed by atoms with Crippen molar-refractivity contribution < 1.29 is 20.9 Å². The third-order valence-electron chi connectivity index (χ3n) is 2.54. The van der Waals surface area contributed by atoms with Gasteiger partial charge >= 0.3 is 50.5 Å². The van der Waals surface area contributed by atoms with Crippen molar-refractivity contribution >= 4 is 0 Å². The van der Waals surface area contributed by atoms with Crippen molar-refractivity contribution in [3.8, 4) is 0 Å². The molecule has 1 aliphatic rings. The summed E-state index contributed by atoms with van der Waals surface area (Å²) in [5, 5.41) is 7.60. The van der Waals surface area contributed by atoms with Crippen LogP contribution in [0.2, 0.25) is 0 Å². The second-order valence-electron chi connectivity index (χ2n) is 5.70. The zero-order valence-electron chi connectivity index (χ0n) is 14.1. The first-order chi connectivity index (χ1) is 8.41. The van der Waals surface area contributed by atoms with Crippen LogP contribution in [-0.2, 0) is 20.9 Å². The molecule has 0 aromatic carbocycles. The van der Waals surface area contributed by atoms with Crippen LogP contribution in [0.4, 0.5) is 0 Å². The minimum atomic E-state index is 0. The summed E-state index contributed by atoms with van der Waals surface area (Å²) in [6.45, 7) is 7.35. The summed E-state index contributed by atoms with van der Waals surface area (Å²) in [4.78, 5) is 0. The van der Waals surface area contributed by atoms with Crippen LogP contribution in [-0.4, -0.2) is 33.2 Å². The summed E-state index contributed by atoms with van der Waals surface area (Å²) in [6.07, 6.45) is 7.21. The van der Waals surface area contributed by atoms with Gasteiger partial charge in [-0.2, -0.15) is 21.1 Å². The molecule has 0 aromatic heterocycles. The predicted molar refractivity (Wildman–Crippen MR) is 84.5 cm³/mol. The maximum atomic E-state index is 4.10. The van der Waals surface area contributed by atoms with Crippen LogP contribution in [0, 0.1) is 13.3 Å². The second-order valence-corrected chi connectivity index (χ2v) is 6.19. The van der Waals surface area contributed by atoms with Gasteiger partial charge in [0.1, 0.15) is 0 Å². The molecule has 19 heavy (non-hydrogen) atoms. The van der Waals surface area contributed by atoms with E-state index in [2.05, 4.69) is 34.7 Å². The largest absolute Gasteiger partial charge is 0.668 e. The van der Waals surface area contributed by atoms with E-state index >= 15 is 0 Å². The monoisotopic (exact) mass is 349 g/mol. The van der Waals surface area contributed by atoms with Crippen LogP contribution >= 0.6 is 0 Å². The normalized spacial score (nSPS) is 14.4. The fourth-order valence-electron chi connectivity index (χ4n) is 1.61. The van der Waals surface area contributed by atoms with Crippen molar-refractivity contribution in [1.82, 2.24) is 0 Å². The van der Waals surface area contributed by atoms with E-state index in [1.807, 2.05) is 7.05 Å². The first kappa shape index (κ1) is 24.5. The van der Waals surface area contributed by atoms with Crippen LogP contribution in [0.15, 0.2) is 3.34 Å². The van der Waals surface area contributed by atoms with E-state index in [0.717, 1.165) is 12.5 Å². The Balaban J connectivity index is -0.000000226. The number of hydrogen-bond donors (Lipinski definition) is 0. The third-order valence-corrected chi connectivity index (χ3v) is 4.01. The number of hydrogen-bond acceptors (Lipinski definition) is 1. The number of rotatable bonds is 3. The summed E-state index contributed by atoms with van der Waals surface area (Å²) < 4.78 is 4.07. The molecule has 0 radical (unpaired) electrons. The molecule has 0 amide bonds. The van der Waals surface area contributed by atoms with Gasteiger partial charge in [0.25, 0.3) is 0 Å². The summed E-state index contributed by atoms with van der Waals surface area (Å²) in [7, 11) is 5.41. The van der Waals surface area contributed by atoms with Crippen LogP contribution in [0.1, 0.15) is 52.9 Å². The molecule has 4 heteroatoms. The molecule has 117 valence electrons. The molecule has 0 bridgehead atoms. The van der Waals surface area contributed by atoms with E-state index < -0.39 is 0 Å². The van der Waals surface area contributed by atoms with E-state index in [1.165, 1.54) is 53.0 Å². The Morgan fingerprint density at radius 1 is 1.11 bits per heavy atom. The maximum Gasteiger partial charge on any atom is -0.0431 e. The maximum absolute atomic E-state index is 4.10. The van der Waals surface area contributed by atoms with Crippen molar-refractivity contribution in [1.29, 1.82) is 0 Å². The van der Waals surface area contributed by atoms with E-state index in [1.54, 1.807) is 14.1 Å². The molecular formula is C15H34N3Nb-3. The van der Waals surface area contributed by atoms with Gasteiger partial charge in [-0.05, 0) is 5.92 Å². The molecular weight excluding hydrogens is 315 g/mol. The molecule has 1 fully saturated rings. The molecule has 1 rings (SSSR count). The minimum absolute atomic E-state index is 0. The molecule has 0 atom stereocenters. The fourth-order valence-corrected chi connectivity index (χ4v) is 1.61. The average molecular weight is 349 g/mol. The Bertz CT molecular complexity index is 173. The first-order valence-corrected chi connectivity index (χ1v) is 7.79. The molecule has 0 spiro atoms. The first-order valence-electron chi connectivity index (χ1n) is 6.81. The molecule has 3 nitrogen and oxygen atoms in total. The predicted octanol–water partition coefficient (Wildman–Crippen LogP) is 5.16. The van der Waals surface area contributed by atoms with Gasteiger partial charge in [-0.1, -0.05) is 32.1 Å². The fraction of sp³-hybridized carbons (Fsp3) is 0.933. The van der Waals surface area contributed by atoms with Gasteiger partial charge in [0.2, 0.25) is 0 Å². The smallest absolute Gasteiger partial charge is 0.0431 e. The summed E-state index contributed by atoms with van der Waals surface area (Å²) in [6, 6.07) is 0. The van der Waals surface area contributed by atoms with Gasteiger partial charge in [-0.15, -0.1) is 6.54 Å². The minimum Gasteiger partial charge on any atom is -0.668 e. The molecule has 1 aliphatic carbocycles. The SMILES string of the molecule is CC(C)(C)[N]=[Nb].C[N-]C.C[N-]CCC1CCCC1.[CH3-]. The molecule has 0 aliphatic heterocycles. The van der Waals surface area contributed by atoms with E-state index in [-0.39, 0.29) is 13.0 Å². The van der Waals surface area contributed by atoms with Gasteiger partial charge in [-0.25, -0.2) is 0 Å². The molecule has 0 saturated heterocycles. The van der Waals surface area contributed by atoms with Crippen LogP contribution in [0.5, 0.6) is 0 Å². The number of nitrogens with zero attached hydrogens (tertiary/aromatic N) is 3. The van der Waals surface area contributed by atoms with Crippen molar-refractivity contribution in [2.45, 2.75) is 58.4 Å². The standard InChI is InChI=1S/C8H16N.C4H9N.C2H6N.CH3.Nb/c1-9-7-6-8-4-2-3-5-8;1-4(2,3)5;1-3-2;;/h8H,2-7H2,1H3;1-3H3;1-2H3;1H3;/q-1;;2*-1;. The Morgan fingerprint density at radius 2 is 1.47 bits per heavy atom. The van der Waals surface area contributed by atoms with Crippen LogP contribution < -0.4 is 0 Å². The Morgan fingerprint density at radius 3 is 1.74 bits per heavy atom. The van der Waals surface area contributed by atoms with Crippen LogP contribution in [0.25, 0.3) is 10.6 Å². The van der Waals surface area contributed by atoms with Crippen molar-refractivity contribution in [3.05, 3.63) is 18.1 Å². The second kappa shape index (κ2) is 16.5. The summed E-state index contributed by atoms with van der Waals surface area (Å²) in [5.41, 5.74) is 0.189. The van der Waals surface area contributed by atoms with E-state index in [0.29, 0.717) is 0 Å². The molecule has 0 unspecified atom stereocenters. The quantitative estimate of drug-likeness (QED) is 0.499. The van der Waals surface area contributed by atoms with E-state index in [9.17, 15) is 0 Å². The van der Waals surface area contributed by atoms with Gasteiger partial charge in [0.05, 0.1) is 0 Å². The zero-order chi connectivity index (χ0) is 14.4. The average Bonchev–Trinajstić information content (AvgIpc) is 2.80. The van der Waals surface area contributed by atoms with Gasteiger partial charge in [0.15, 0.2) is 0 Å². The Labute approximate surface area is 134 Å². The third kappa shape index (κ3) is 23.9. The van der Waals surface area contributed by atoms with Crippen LogP contribution in [0.3, 0.4) is 0 Å². The Kier molecular flexibility index (Phi) is 21.3. The Hall–Kier alpha value is 0.460. The van der Waals surface area contributed by atoms with Crippen molar-refractivity contribution in [3.63, 3.8) is 0 Å². The van der Waals surface area contributed by atoms with Gasteiger partial charge in [0, 0.05) is 0 Å². The van der Waals surface area contributed by atoms with Crippen molar-refractivity contribution in [2.24, 2.45) is 9.26 Å². The summed E-state index contributed by atoms with van der Waals surface area (Å²) >= 11 is 1.52. The van der Waals surface area contributed by atoms with Crippen molar-refractivity contribution in [2.75, 3.05) is 27.7 Å². The molecule has 1 saturated carbocycles. The van der Waals surface area contributed by atoms with E-state index in [4.69, 9.17) is 0 Å². The van der Waals surface area contributed by atoms with Gasteiger partial charge < -0.3 is 18.1 Å².